The summed E-state index contributed by atoms with van der Waals surface area (Å²) < 4.78 is 13.6. The Morgan fingerprint density at radius 1 is 1.04 bits per heavy atom. The first kappa shape index (κ1) is 25.3. The predicted molar refractivity (Wildman–Crippen MR) is 111 cm³/mol. The van der Waals surface area contributed by atoms with Gasteiger partial charge in [0.25, 0.3) is 0 Å². The van der Waals surface area contributed by atoms with E-state index in [1.165, 1.54) is 0 Å². The van der Waals surface area contributed by atoms with Crippen molar-refractivity contribution < 1.29 is 14.2 Å². The van der Waals surface area contributed by atoms with Gasteiger partial charge in [-0.05, 0) is 32.6 Å². The van der Waals surface area contributed by atoms with Gasteiger partial charge in [-0.3, -0.25) is 4.99 Å². The summed E-state index contributed by atoms with van der Waals surface area (Å²) >= 11 is 34.7. The Hall–Kier alpha value is 1.29. The summed E-state index contributed by atoms with van der Waals surface area (Å²) in [5.41, 5.74) is 0.466. The molecular formula is C16H25Cl6NO3. The van der Waals surface area contributed by atoms with Crippen LogP contribution in [0.1, 0.15) is 40.0 Å². The average molecular weight is 492 g/mol. The van der Waals surface area contributed by atoms with Crippen LogP contribution in [0.3, 0.4) is 0 Å². The van der Waals surface area contributed by atoms with E-state index in [4.69, 9.17) is 88.8 Å². The van der Waals surface area contributed by atoms with Gasteiger partial charge in [0, 0.05) is 25.2 Å². The molecule has 0 amide bonds. The summed E-state index contributed by atoms with van der Waals surface area (Å²) in [4.78, 5) is 4.76. The second-order valence-corrected chi connectivity index (χ2v) is 11.9. The molecule has 4 nitrogen and oxygen atoms in total. The van der Waals surface area contributed by atoms with Crippen LogP contribution in [0.5, 0.6) is 0 Å². The average Bonchev–Trinajstić information content (AvgIpc) is 2.80. The number of nitrogens with zero attached hydrogens (tertiary/aromatic N) is 1. The summed E-state index contributed by atoms with van der Waals surface area (Å²) in [7, 11) is 1.63. The zero-order valence-corrected chi connectivity index (χ0v) is 19.7. The van der Waals surface area contributed by atoms with Gasteiger partial charge in [-0.25, -0.2) is 0 Å². The predicted octanol–water partition coefficient (Wildman–Crippen LogP) is 6.35. The molecule has 0 aromatic rings. The van der Waals surface area contributed by atoms with Crippen molar-refractivity contribution in [3.63, 3.8) is 0 Å². The fourth-order valence-corrected chi connectivity index (χ4v) is 3.13. The van der Waals surface area contributed by atoms with Crippen LogP contribution in [0.25, 0.3) is 0 Å². The van der Waals surface area contributed by atoms with Crippen molar-refractivity contribution in [1.29, 1.82) is 0 Å². The van der Waals surface area contributed by atoms with Gasteiger partial charge in [-0.2, -0.15) is 0 Å². The summed E-state index contributed by atoms with van der Waals surface area (Å²) in [6, 6.07) is 0. The molecule has 0 radical (unpaired) electrons. The van der Waals surface area contributed by atoms with Crippen molar-refractivity contribution in [2.75, 3.05) is 20.3 Å². The Labute approximate surface area is 185 Å². The molecule has 0 aliphatic heterocycles. The normalized spacial score (nSPS) is 24.0. The van der Waals surface area contributed by atoms with E-state index in [1.807, 2.05) is 13.8 Å². The van der Waals surface area contributed by atoms with Crippen LogP contribution < -0.4 is 0 Å². The molecule has 0 N–H and O–H groups in total. The van der Waals surface area contributed by atoms with Crippen molar-refractivity contribution in [2.24, 2.45) is 16.8 Å². The second kappa shape index (κ2) is 10.4. The van der Waals surface area contributed by atoms with E-state index in [1.54, 1.807) is 7.11 Å². The zero-order chi connectivity index (χ0) is 20.2. The minimum atomic E-state index is -1.56. The van der Waals surface area contributed by atoms with Gasteiger partial charge in [0.1, 0.15) is 0 Å². The van der Waals surface area contributed by atoms with E-state index >= 15 is 0 Å². The van der Waals surface area contributed by atoms with Crippen molar-refractivity contribution in [3.05, 3.63) is 0 Å². The molecule has 0 bridgehead atoms. The number of rotatable bonds is 8. The molecule has 0 spiro atoms. The molecule has 1 rings (SSSR count). The van der Waals surface area contributed by atoms with Gasteiger partial charge < -0.3 is 14.2 Å². The van der Waals surface area contributed by atoms with Crippen LogP contribution in [-0.4, -0.2) is 45.6 Å². The van der Waals surface area contributed by atoms with E-state index in [0.29, 0.717) is 12.3 Å². The smallest absolute Gasteiger partial charge is 0.213 e. The highest BCUT2D eigenvalue weighted by molar-refractivity contribution is 6.68. The molecule has 0 aromatic carbocycles. The molecule has 26 heavy (non-hydrogen) atoms. The number of aliphatic imine (C=N–C) groups is 1. The Kier molecular flexibility index (Phi) is 10.1. The maximum Gasteiger partial charge on any atom is 0.213 e. The minimum absolute atomic E-state index is 0.139. The number of ether oxygens (including phenoxy) is 3. The lowest BCUT2D eigenvalue weighted by Gasteiger charge is -2.28. The van der Waals surface area contributed by atoms with Gasteiger partial charge in [-0.15, -0.1) is 0 Å². The van der Waals surface area contributed by atoms with E-state index in [2.05, 4.69) is 6.92 Å². The summed E-state index contributed by atoms with van der Waals surface area (Å²) in [5, 5.41) is 0. The van der Waals surface area contributed by atoms with Crippen molar-refractivity contribution in [2.45, 2.75) is 59.6 Å². The first-order valence-corrected chi connectivity index (χ1v) is 10.5. The van der Waals surface area contributed by atoms with Gasteiger partial charge >= 0.3 is 0 Å². The molecule has 1 fully saturated rings. The number of hydrogen-bond acceptors (Lipinski definition) is 4. The molecule has 0 saturated heterocycles. The molecular weight excluding hydrogens is 467 g/mol. The van der Waals surface area contributed by atoms with Crippen LogP contribution in [0, 0.1) is 11.8 Å². The molecule has 1 aliphatic rings. The Balaban J connectivity index is 2.87. The Morgan fingerprint density at radius 3 is 1.96 bits per heavy atom. The highest BCUT2D eigenvalue weighted by Gasteiger charge is 2.35. The molecule has 1 aliphatic carbocycles. The SMILES string of the molecule is COC(C)(C)N=C1CCC(C)C1CC(OCC(Cl)(Cl)Cl)OCC(Cl)(Cl)Cl. The largest absolute Gasteiger partial charge is 0.358 e. The number of methoxy groups -OCH3 is 1. The topological polar surface area (TPSA) is 40.0 Å². The number of alkyl halides is 6. The molecule has 154 valence electrons. The van der Waals surface area contributed by atoms with Crippen LogP contribution in [0.2, 0.25) is 0 Å². The van der Waals surface area contributed by atoms with E-state index in [-0.39, 0.29) is 19.1 Å². The number of halogens is 6. The first-order valence-electron chi connectivity index (χ1n) is 8.23. The fraction of sp³-hybridized carbons (Fsp3) is 0.938. The van der Waals surface area contributed by atoms with Gasteiger partial charge in [-0.1, -0.05) is 76.5 Å². The van der Waals surface area contributed by atoms with E-state index in [9.17, 15) is 0 Å². The van der Waals surface area contributed by atoms with Gasteiger partial charge in [0.05, 0.1) is 13.2 Å². The van der Waals surface area contributed by atoms with Gasteiger partial charge in [0.15, 0.2) is 12.0 Å². The first-order chi connectivity index (χ1) is 11.7. The third kappa shape index (κ3) is 10.2. The second-order valence-electron chi connectivity index (χ2n) is 6.89. The lowest BCUT2D eigenvalue weighted by Crippen LogP contribution is -2.32. The monoisotopic (exact) mass is 489 g/mol. The Morgan fingerprint density at radius 2 is 1.54 bits per heavy atom. The quantitative estimate of drug-likeness (QED) is 0.293. The van der Waals surface area contributed by atoms with Crippen LogP contribution in [0.15, 0.2) is 4.99 Å². The van der Waals surface area contributed by atoms with Crippen molar-refractivity contribution in [1.82, 2.24) is 0 Å². The summed E-state index contributed by atoms with van der Waals surface area (Å²) in [5.74, 6) is 0.539. The van der Waals surface area contributed by atoms with Crippen LogP contribution >= 0.6 is 69.6 Å². The third-order valence-electron chi connectivity index (χ3n) is 4.20. The maximum atomic E-state index is 5.78. The van der Waals surface area contributed by atoms with Crippen molar-refractivity contribution in [3.8, 4) is 0 Å². The van der Waals surface area contributed by atoms with Crippen LogP contribution in [0.4, 0.5) is 0 Å². The molecule has 2 unspecified atom stereocenters. The molecule has 2 atom stereocenters. The molecule has 0 heterocycles. The lowest BCUT2D eigenvalue weighted by molar-refractivity contribution is -0.148. The molecule has 1 saturated carbocycles. The highest BCUT2D eigenvalue weighted by atomic mass is 35.6. The van der Waals surface area contributed by atoms with Gasteiger partial charge in [0.2, 0.25) is 7.59 Å². The minimum Gasteiger partial charge on any atom is -0.358 e. The number of hydrogen-bond donors (Lipinski definition) is 0. The Bertz CT molecular complexity index is 458. The fourth-order valence-electron chi connectivity index (χ4n) is 2.76. The molecule has 0 aromatic heterocycles. The van der Waals surface area contributed by atoms with Crippen molar-refractivity contribution >= 4 is 75.3 Å². The van der Waals surface area contributed by atoms with E-state index in [0.717, 1.165) is 18.6 Å². The summed E-state index contributed by atoms with van der Waals surface area (Å²) in [6.07, 6.45) is 1.73. The maximum absolute atomic E-state index is 5.78. The zero-order valence-electron chi connectivity index (χ0n) is 15.2. The summed E-state index contributed by atoms with van der Waals surface area (Å²) in [6.45, 7) is 5.71. The van der Waals surface area contributed by atoms with Crippen LogP contribution in [-0.2, 0) is 14.2 Å². The lowest BCUT2D eigenvalue weighted by atomic mass is 9.93. The third-order valence-corrected chi connectivity index (χ3v) is 4.85. The standard InChI is InChI=1S/C16H25Cl6NO3/c1-10-5-6-12(23-14(2,3)24-4)11(10)7-13(25-8-15(17,18)19)26-9-16(20,21)22/h10-11,13H,5-9H2,1-4H3. The molecule has 10 heteroatoms. The van der Waals surface area contributed by atoms with E-state index < -0.39 is 19.6 Å². The highest BCUT2D eigenvalue weighted by Crippen LogP contribution is 2.36.